The second-order valence-corrected chi connectivity index (χ2v) is 9.35. The molecule has 1 amide bonds. The van der Waals surface area contributed by atoms with Crippen molar-refractivity contribution in [3.8, 4) is 11.1 Å². The van der Waals surface area contributed by atoms with E-state index < -0.39 is 29.3 Å². The smallest absolute Gasteiger partial charge is 0.331 e. The van der Waals surface area contributed by atoms with Crippen molar-refractivity contribution in [2.45, 2.75) is 19.4 Å². The van der Waals surface area contributed by atoms with E-state index in [0.717, 1.165) is 16.0 Å². The highest BCUT2D eigenvalue weighted by Crippen LogP contribution is 2.37. The number of carbonyl (C=O) groups is 2. The highest BCUT2D eigenvalue weighted by Gasteiger charge is 2.37. The first-order valence-corrected chi connectivity index (χ1v) is 12.1. The number of nitrogens with one attached hydrogen (secondary N) is 1. The maximum absolute atomic E-state index is 14.6. The highest BCUT2D eigenvalue weighted by atomic mass is 35.5. The molecule has 190 valence electrons. The molecule has 1 aromatic heterocycles. The van der Waals surface area contributed by atoms with E-state index >= 15 is 0 Å². The summed E-state index contributed by atoms with van der Waals surface area (Å²) in [5.41, 5.74) is 3.65. The van der Waals surface area contributed by atoms with Gasteiger partial charge in [0.2, 0.25) is 0 Å². The van der Waals surface area contributed by atoms with Crippen molar-refractivity contribution in [1.82, 2.24) is 9.99 Å². The van der Waals surface area contributed by atoms with Gasteiger partial charge in [-0.2, -0.15) is 5.10 Å². The van der Waals surface area contributed by atoms with Gasteiger partial charge in [-0.1, -0.05) is 71.8 Å². The maximum Gasteiger partial charge on any atom is 0.331 e. The Kier molecular flexibility index (Phi) is 6.65. The molecule has 0 spiro atoms. The van der Waals surface area contributed by atoms with Gasteiger partial charge in [0, 0.05) is 27.9 Å². The average molecular weight is 530 g/mol. The van der Waals surface area contributed by atoms with Crippen LogP contribution in [0.3, 0.4) is 0 Å². The Morgan fingerprint density at radius 3 is 2.42 bits per heavy atom. The minimum absolute atomic E-state index is 0.108. The number of H-pyrrole nitrogens is 1. The summed E-state index contributed by atoms with van der Waals surface area (Å²) < 4.78 is 14.6. The molecule has 2 N–H and O–H groups in total. The summed E-state index contributed by atoms with van der Waals surface area (Å²) in [6.45, 7) is 1.91. The molecule has 0 radical (unpaired) electrons. The number of aromatic nitrogens is 1. The number of hydrogen-bond donors (Lipinski definition) is 2. The van der Waals surface area contributed by atoms with Gasteiger partial charge in [0.15, 0.2) is 5.83 Å². The van der Waals surface area contributed by atoms with E-state index in [1.807, 2.05) is 37.3 Å². The van der Waals surface area contributed by atoms with Crippen LogP contribution in [0.5, 0.6) is 0 Å². The number of hydrazone groups is 1. The number of hydrogen-bond acceptors (Lipinski definition) is 4. The molecule has 1 atom stereocenters. The van der Waals surface area contributed by atoms with Crippen molar-refractivity contribution in [3.63, 3.8) is 0 Å². The summed E-state index contributed by atoms with van der Waals surface area (Å²) in [6.07, 6.45) is 0.307. The Labute approximate surface area is 221 Å². The van der Waals surface area contributed by atoms with Crippen molar-refractivity contribution in [3.05, 3.63) is 117 Å². The molecule has 4 aromatic rings. The van der Waals surface area contributed by atoms with Crippen LogP contribution in [0.15, 0.2) is 94.6 Å². The Balaban J connectivity index is 1.72. The third kappa shape index (κ3) is 4.73. The third-order valence-electron chi connectivity index (χ3n) is 6.38. The summed E-state index contributed by atoms with van der Waals surface area (Å²) in [5.74, 6) is -4.27. The van der Waals surface area contributed by atoms with E-state index in [9.17, 15) is 18.8 Å². The molecular weight excluding hydrogens is 509 g/mol. The lowest BCUT2D eigenvalue weighted by atomic mass is 9.91. The molecule has 7 nitrogen and oxygen atoms in total. The molecule has 0 bridgehead atoms. The largest absolute Gasteiger partial charge is 0.478 e. The Bertz CT molecular complexity index is 1690. The summed E-state index contributed by atoms with van der Waals surface area (Å²) >= 11 is 6.11. The molecule has 0 aliphatic carbocycles. The first-order valence-electron chi connectivity index (χ1n) is 11.7. The second-order valence-electron chi connectivity index (χ2n) is 8.91. The molecule has 1 aliphatic heterocycles. The van der Waals surface area contributed by atoms with Gasteiger partial charge in [-0.25, -0.2) is 14.2 Å². The van der Waals surface area contributed by atoms with Gasteiger partial charge in [0.05, 0.1) is 23.4 Å². The lowest BCUT2D eigenvalue weighted by Gasteiger charge is -2.21. The number of fused-ring (bicyclic) bond motifs is 1. The van der Waals surface area contributed by atoms with Crippen molar-refractivity contribution in [2.24, 2.45) is 5.10 Å². The van der Waals surface area contributed by atoms with Gasteiger partial charge in [0.1, 0.15) is 0 Å². The predicted octanol–water partition coefficient (Wildman–Crippen LogP) is 5.77. The molecular formula is C29H21ClFN3O4. The number of aryl methyl sites for hydroxylation is 1. The van der Waals surface area contributed by atoms with E-state index in [4.69, 9.17) is 16.7 Å². The number of nitrogens with zero attached hydrogens (tertiary/aromatic N) is 2. The summed E-state index contributed by atoms with van der Waals surface area (Å²) in [6, 6.07) is 20.8. The Hall–Kier alpha value is -4.56. The standard InChI is InChI=1S/C29H21ClFN3O4/c1-16-6-8-17(9-7-16)24-15-23(33-34(24)29(38)21(31)14-25(35)36)27-26(18-10-12-19(30)13-11-18)20-4-2-3-5-22(20)32-28(27)37/h2-14,24H,15H2,1H3,(H,32,37)(H,35,36)/b21-14+. The van der Waals surface area contributed by atoms with Crippen LogP contribution in [0, 0.1) is 6.92 Å². The molecule has 9 heteroatoms. The zero-order chi connectivity index (χ0) is 27.0. The Morgan fingerprint density at radius 2 is 1.74 bits per heavy atom. The van der Waals surface area contributed by atoms with Crippen LogP contribution < -0.4 is 5.56 Å². The molecule has 2 heterocycles. The number of aromatic amines is 1. The summed E-state index contributed by atoms with van der Waals surface area (Å²) in [4.78, 5) is 40.4. The number of carboxylic acids is 1. The van der Waals surface area contributed by atoms with Crippen LogP contribution in [0.4, 0.5) is 4.39 Å². The van der Waals surface area contributed by atoms with Crippen molar-refractivity contribution in [2.75, 3.05) is 0 Å². The third-order valence-corrected chi connectivity index (χ3v) is 6.63. The fourth-order valence-electron chi connectivity index (χ4n) is 4.61. The SMILES string of the molecule is Cc1ccc(C2CC(c3c(-c4ccc(Cl)cc4)c4ccccc4[nH]c3=O)=NN2C(=O)/C(F)=C\C(=O)O)cc1. The quantitative estimate of drug-likeness (QED) is 0.320. The zero-order valence-electron chi connectivity index (χ0n) is 20.1. The number of para-hydroxylation sites is 1. The van der Waals surface area contributed by atoms with Crippen molar-refractivity contribution < 1.29 is 19.1 Å². The van der Waals surface area contributed by atoms with Crippen LogP contribution >= 0.6 is 11.6 Å². The molecule has 1 aliphatic rings. The van der Waals surface area contributed by atoms with Crippen molar-refractivity contribution >= 4 is 40.1 Å². The summed E-state index contributed by atoms with van der Waals surface area (Å²) in [5, 5.41) is 15.6. The van der Waals surface area contributed by atoms with Crippen molar-refractivity contribution in [1.29, 1.82) is 0 Å². The van der Waals surface area contributed by atoms with Crippen LogP contribution in [0.2, 0.25) is 5.02 Å². The van der Waals surface area contributed by atoms with Gasteiger partial charge in [0.25, 0.3) is 5.56 Å². The Morgan fingerprint density at radius 1 is 1.05 bits per heavy atom. The molecule has 3 aromatic carbocycles. The molecule has 5 rings (SSSR count). The normalized spacial score (nSPS) is 15.6. The first kappa shape index (κ1) is 25.1. The van der Waals surface area contributed by atoms with E-state index in [1.54, 1.807) is 42.5 Å². The van der Waals surface area contributed by atoms with E-state index in [2.05, 4.69) is 10.1 Å². The number of rotatable bonds is 5. The minimum Gasteiger partial charge on any atom is -0.478 e. The van der Waals surface area contributed by atoms with Crippen LogP contribution in [-0.2, 0) is 9.59 Å². The predicted molar refractivity (Wildman–Crippen MR) is 144 cm³/mol. The van der Waals surface area contributed by atoms with Crippen LogP contribution in [0.25, 0.3) is 22.0 Å². The topological polar surface area (TPSA) is 103 Å². The van der Waals surface area contributed by atoms with Crippen LogP contribution in [-0.4, -0.2) is 32.7 Å². The molecule has 0 saturated carbocycles. The first-order chi connectivity index (χ1) is 18.2. The van der Waals surface area contributed by atoms with Gasteiger partial charge in [-0.15, -0.1) is 0 Å². The highest BCUT2D eigenvalue weighted by molar-refractivity contribution is 6.30. The van der Waals surface area contributed by atoms with E-state index in [-0.39, 0.29) is 23.8 Å². The number of amides is 1. The second kappa shape index (κ2) is 10.1. The number of benzene rings is 3. The van der Waals surface area contributed by atoms with Gasteiger partial charge >= 0.3 is 11.9 Å². The minimum atomic E-state index is -1.60. The number of aliphatic carboxylic acids is 1. The fraction of sp³-hybridized carbons (Fsp3) is 0.103. The lowest BCUT2D eigenvalue weighted by molar-refractivity contribution is -0.134. The van der Waals surface area contributed by atoms with Gasteiger partial charge < -0.3 is 10.1 Å². The zero-order valence-corrected chi connectivity index (χ0v) is 20.9. The monoisotopic (exact) mass is 529 g/mol. The molecule has 0 saturated heterocycles. The summed E-state index contributed by atoms with van der Waals surface area (Å²) in [7, 11) is 0. The molecule has 1 unspecified atom stereocenters. The van der Waals surface area contributed by atoms with Gasteiger partial charge in [-0.05, 0) is 36.2 Å². The molecule has 38 heavy (non-hydrogen) atoms. The average Bonchev–Trinajstić information content (AvgIpc) is 3.33. The lowest BCUT2D eigenvalue weighted by Crippen LogP contribution is -2.27. The fourth-order valence-corrected chi connectivity index (χ4v) is 4.74. The van der Waals surface area contributed by atoms with E-state index in [0.29, 0.717) is 27.2 Å². The number of carboxylic acid groups (broad SMARTS) is 1. The van der Waals surface area contributed by atoms with Gasteiger partial charge in [-0.3, -0.25) is 9.59 Å². The van der Waals surface area contributed by atoms with Crippen LogP contribution in [0.1, 0.15) is 29.2 Å². The maximum atomic E-state index is 14.6. The number of carbonyl (C=O) groups excluding carboxylic acids is 1. The van der Waals surface area contributed by atoms with E-state index in [1.165, 1.54) is 0 Å². The molecule has 0 fully saturated rings. The number of pyridine rings is 1. The number of halogens is 2.